The Morgan fingerprint density at radius 2 is 2.11 bits per heavy atom. The molecule has 4 heteroatoms. The Morgan fingerprint density at radius 3 is 2.89 bits per heavy atom. The third kappa shape index (κ3) is 2.03. The monoisotopic (exact) mass is 256 g/mol. The molecule has 3 rings (SSSR count). The number of aryl methyl sites for hydroxylation is 1. The summed E-state index contributed by atoms with van der Waals surface area (Å²) in [5, 5.41) is 0.894. The molecule has 98 valence electrons. The van der Waals surface area contributed by atoms with Gasteiger partial charge in [-0.2, -0.15) is 0 Å². The van der Waals surface area contributed by atoms with Crippen LogP contribution in [-0.4, -0.2) is 9.55 Å². The van der Waals surface area contributed by atoms with Gasteiger partial charge in [0.1, 0.15) is 11.1 Å². The van der Waals surface area contributed by atoms with Gasteiger partial charge in [-0.05, 0) is 24.5 Å². The molecule has 2 heterocycles. The molecule has 0 aliphatic carbocycles. The number of fused-ring (bicyclic) bond motifs is 3. The molecule has 0 unspecified atom stereocenters. The zero-order chi connectivity index (χ0) is 13.4. The fourth-order valence-electron chi connectivity index (χ4n) is 2.17. The summed E-state index contributed by atoms with van der Waals surface area (Å²) >= 11 is 0. The minimum absolute atomic E-state index is 0.0955. The van der Waals surface area contributed by atoms with Gasteiger partial charge in [-0.25, -0.2) is 4.98 Å². The predicted molar refractivity (Wildman–Crippen MR) is 75.2 cm³/mol. The normalized spacial score (nSPS) is 11.7. The number of hydrogen-bond acceptors (Lipinski definition) is 3. The average molecular weight is 256 g/mol. The SMILES string of the molecule is CC(C)CCn1cnc2c(oc3ccccc32)c1=O. The third-order valence-corrected chi connectivity index (χ3v) is 3.30. The van der Waals surface area contributed by atoms with Gasteiger partial charge in [0, 0.05) is 11.9 Å². The molecule has 1 aromatic carbocycles. The maximum Gasteiger partial charge on any atom is 0.297 e. The zero-order valence-corrected chi connectivity index (χ0v) is 11.1. The molecule has 0 radical (unpaired) electrons. The van der Waals surface area contributed by atoms with Crippen molar-refractivity contribution in [3.05, 3.63) is 40.9 Å². The third-order valence-electron chi connectivity index (χ3n) is 3.30. The molecule has 4 nitrogen and oxygen atoms in total. The topological polar surface area (TPSA) is 48.0 Å². The highest BCUT2D eigenvalue weighted by molar-refractivity contribution is 6.01. The Hall–Kier alpha value is -2.10. The second kappa shape index (κ2) is 4.53. The molecule has 0 aliphatic heterocycles. The van der Waals surface area contributed by atoms with Crippen LogP contribution in [0.3, 0.4) is 0 Å². The Morgan fingerprint density at radius 1 is 1.32 bits per heavy atom. The van der Waals surface area contributed by atoms with Gasteiger partial charge < -0.3 is 4.42 Å². The summed E-state index contributed by atoms with van der Waals surface area (Å²) in [5.41, 5.74) is 1.62. The summed E-state index contributed by atoms with van der Waals surface area (Å²) in [6.07, 6.45) is 2.57. The van der Waals surface area contributed by atoms with Crippen LogP contribution < -0.4 is 5.56 Å². The lowest BCUT2D eigenvalue weighted by Gasteiger charge is -2.06. The van der Waals surface area contributed by atoms with E-state index < -0.39 is 0 Å². The van der Waals surface area contributed by atoms with Crippen LogP contribution in [0.4, 0.5) is 0 Å². The quantitative estimate of drug-likeness (QED) is 0.723. The van der Waals surface area contributed by atoms with E-state index in [9.17, 15) is 4.79 Å². The first kappa shape index (κ1) is 12.0. The van der Waals surface area contributed by atoms with E-state index >= 15 is 0 Å². The highest BCUT2D eigenvalue weighted by Crippen LogP contribution is 2.24. The molecule has 0 fully saturated rings. The lowest BCUT2D eigenvalue weighted by molar-refractivity contribution is 0.502. The lowest BCUT2D eigenvalue weighted by Crippen LogP contribution is -2.20. The smallest absolute Gasteiger partial charge is 0.297 e. The Labute approximate surface area is 110 Å². The van der Waals surface area contributed by atoms with Crippen LogP contribution in [0.5, 0.6) is 0 Å². The van der Waals surface area contributed by atoms with Gasteiger partial charge in [0.25, 0.3) is 5.56 Å². The molecule has 19 heavy (non-hydrogen) atoms. The average Bonchev–Trinajstić information content (AvgIpc) is 2.77. The molecule has 0 atom stereocenters. The fraction of sp³-hybridized carbons (Fsp3) is 0.333. The second-order valence-corrected chi connectivity index (χ2v) is 5.20. The fourth-order valence-corrected chi connectivity index (χ4v) is 2.17. The number of nitrogens with zero attached hydrogens (tertiary/aromatic N) is 2. The molecule has 0 aliphatic rings. The van der Waals surface area contributed by atoms with Gasteiger partial charge in [-0.3, -0.25) is 9.36 Å². The van der Waals surface area contributed by atoms with Crippen molar-refractivity contribution in [1.82, 2.24) is 9.55 Å². The second-order valence-electron chi connectivity index (χ2n) is 5.20. The van der Waals surface area contributed by atoms with Crippen LogP contribution in [0.15, 0.2) is 39.8 Å². The maximum atomic E-state index is 12.3. The molecule has 0 saturated heterocycles. The van der Waals surface area contributed by atoms with Gasteiger partial charge in [0.15, 0.2) is 0 Å². The molecule has 3 aromatic rings. The summed E-state index contributed by atoms with van der Waals surface area (Å²) in [6.45, 7) is 4.95. The molecule has 0 amide bonds. The van der Waals surface area contributed by atoms with Gasteiger partial charge in [0.05, 0.1) is 6.33 Å². The number of hydrogen-bond donors (Lipinski definition) is 0. The summed E-state index contributed by atoms with van der Waals surface area (Å²) in [7, 11) is 0. The van der Waals surface area contributed by atoms with Crippen molar-refractivity contribution in [3.63, 3.8) is 0 Å². The Bertz CT molecular complexity index is 784. The van der Waals surface area contributed by atoms with Crippen LogP contribution in [0.1, 0.15) is 20.3 Å². The van der Waals surface area contributed by atoms with Crippen LogP contribution in [0, 0.1) is 5.92 Å². The molecule has 0 saturated carbocycles. The van der Waals surface area contributed by atoms with E-state index in [0.29, 0.717) is 29.1 Å². The van der Waals surface area contributed by atoms with E-state index in [1.807, 2.05) is 24.3 Å². The summed E-state index contributed by atoms with van der Waals surface area (Å²) in [5.74, 6) is 0.554. The van der Waals surface area contributed by atoms with Crippen molar-refractivity contribution < 1.29 is 4.42 Å². The van der Waals surface area contributed by atoms with Gasteiger partial charge in [0.2, 0.25) is 5.58 Å². The van der Waals surface area contributed by atoms with E-state index in [1.165, 1.54) is 0 Å². The lowest BCUT2D eigenvalue weighted by atomic mass is 10.1. The first-order valence-electron chi connectivity index (χ1n) is 6.53. The number of furan rings is 1. The molecule has 0 N–H and O–H groups in total. The van der Waals surface area contributed by atoms with Crippen LogP contribution >= 0.6 is 0 Å². The number of aromatic nitrogens is 2. The van der Waals surface area contributed by atoms with Crippen LogP contribution in [0.2, 0.25) is 0 Å². The van der Waals surface area contributed by atoms with Crippen LogP contribution in [0.25, 0.3) is 22.1 Å². The van der Waals surface area contributed by atoms with Gasteiger partial charge in [-0.1, -0.05) is 26.0 Å². The Balaban J connectivity index is 2.16. The highest BCUT2D eigenvalue weighted by Gasteiger charge is 2.12. The van der Waals surface area contributed by atoms with Crippen molar-refractivity contribution >= 4 is 22.1 Å². The van der Waals surface area contributed by atoms with Crippen molar-refractivity contribution in [2.75, 3.05) is 0 Å². The number of benzene rings is 1. The standard InChI is InChI=1S/C15H16N2O2/c1-10(2)7-8-17-9-16-13-11-5-3-4-6-12(11)19-14(13)15(17)18/h3-6,9-10H,7-8H2,1-2H3. The van der Waals surface area contributed by atoms with Gasteiger partial charge in [-0.15, -0.1) is 0 Å². The van der Waals surface area contributed by atoms with Crippen molar-refractivity contribution in [3.8, 4) is 0 Å². The van der Waals surface area contributed by atoms with E-state index in [-0.39, 0.29) is 5.56 Å². The summed E-state index contributed by atoms with van der Waals surface area (Å²) in [6, 6.07) is 7.59. The molecule has 0 spiro atoms. The van der Waals surface area contributed by atoms with Gasteiger partial charge >= 0.3 is 0 Å². The molecular weight excluding hydrogens is 240 g/mol. The molecule has 0 bridgehead atoms. The zero-order valence-electron chi connectivity index (χ0n) is 11.1. The number of para-hydroxylation sites is 1. The van der Waals surface area contributed by atoms with E-state index in [0.717, 1.165) is 11.8 Å². The van der Waals surface area contributed by atoms with E-state index in [1.54, 1.807) is 10.9 Å². The van der Waals surface area contributed by atoms with E-state index in [4.69, 9.17) is 4.42 Å². The largest absolute Gasteiger partial charge is 0.448 e. The van der Waals surface area contributed by atoms with E-state index in [2.05, 4.69) is 18.8 Å². The van der Waals surface area contributed by atoms with Crippen molar-refractivity contribution in [2.24, 2.45) is 5.92 Å². The number of rotatable bonds is 3. The van der Waals surface area contributed by atoms with Crippen molar-refractivity contribution in [1.29, 1.82) is 0 Å². The first-order valence-corrected chi connectivity index (χ1v) is 6.53. The summed E-state index contributed by atoms with van der Waals surface area (Å²) < 4.78 is 7.26. The predicted octanol–water partition coefficient (Wildman–Crippen LogP) is 3.19. The molecule has 2 aromatic heterocycles. The van der Waals surface area contributed by atoms with Crippen molar-refractivity contribution in [2.45, 2.75) is 26.8 Å². The Kier molecular flexibility index (Phi) is 2.85. The maximum absolute atomic E-state index is 12.3. The highest BCUT2D eigenvalue weighted by atomic mass is 16.3. The first-order chi connectivity index (χ1) is 9.16. The molecular formula is C15H16N2O2. The minimum Gasteiger partial charge on any atom is -0.448 e. The summed E-state index contributed by atoms with van der Waals surface area (Å²) in [4.78, 5) is 16.7. The minimum atomic E-state index is -0.0955. The van der Waals surface area contributed by atoms with Crippen LogP contribution in [-0.2, 0) is 6.54 Å².